The molecule has 2 rings (SSSR count). The lowest BCUT2D eigenvalue weighted by Gasteiger charge is -2.09. The van der Waals surface area contributed by atoms with Crippen LogP contribution in [0.25, 0.3) is 0 Å². The van der Waals surface area contributed by atoms with Crippen molar-refractivity contribution in [3.8, 4) is 0 Å². The SMILES string of the molecule is Nc1ccccc1CNc1ccc(CS(N)(=O)=O)cc1. The first-order chi connectivity index (χ1) is 9.44. The Labute approximate surface area is 118 Å². The number of sulfonamides is 1. The highest BCUT2D eigenvalue weighted by Crippen LogP contribution is 2.15. The highest BCUT2D eigenvalue weighted by Gasteiger charge is 2.04. The Balaban J connectivity index is 1.99. The minimum Gasteiger partial charge on any atom is -0.398 e. The van der Waals surface area contributed by atoms with Gasteiger partial charge in [-0.15, -0.1) is 0 Å². The molecule has 5 N–H and O–H groups in total. The minimum absolute atomic E-state index is 0.154. The number of nitrogens with two attached hydrogens (primary N) is 2. The van der Waals surface area contributed by atoms with E-state index in [-0.39, 0.29) is 5.75 Å². The number of rotatable bonds is 5. The number of para-hydroxylation sites is 1. The van der Waals surface area contributed by atoms with Gasteiger partial charge in [0.2, 0.25) is 10.0 Å². The first-order valence-electron chi connectivity index (χ1n) is 6.11. The molecular weight excluding hydrogens is 274 g/mol. The fourth-order valence-electron chi connectivity index (χ4n) is 1.84. The summed E-state index contributed by atoms with van der Waals surface area (Å²) in [4.78, 5) is 0. The third-order valence-corrected chi connectivity index (χ3v) is 3.60. The molecule has 0 aliphatic heterocycles. The second kappa shape index (κ2) is 5.94. The number of nitrogens with one attached hydrogen (secondary N) is 1. The van der Waals surface area contributed by atoms with E-state index in [4.69, 9.17) is 10.9 Å². The Bertz CT molecular complexity index is 682. The normalized spacial score (nSPS) is 11.2. The van der Waals surface area contributed by atoms with Crippen molar-refractivity contribution in [3.63, 3.8) is 0 Å². The van der Waals surface area contributed by atoms with Crippen molar-refractivity contribution >= 4 is 21.4 Å². The van der Waals surface area contributed by atoms with E-state index in [1.54, 1.807) is 12.1 Å². The number of primary sulfonamides is 1. The topological polar surface area (TPSA) is 98.2 Å². The van der Waals surface area contributed by atoms with Crippen LogP contribution in [0.4, 0.5) is 11.4 Å². The summed E-state index contributed by atoms with van der Waals surface area (Å²) in [6.45, 7) is 0.612. The fraction of sp³-hybridized carbons (Fsp3) is 0.143. The van der Waals surface area contributed by atoms with Crippen molar-refractivity contribution < 1.29 is 8.42 Å². The number of benzene rings is 2. The summed E-state index contributed by atoms with van der Waals surface area (Å²) < 4.78 is 22.0. The third-order valence-electron chi connectivity index (χ3n) is 2.86. The molecule has 2 aromatic rings. The van der Waals surface area contributed by atoms with E-state index in [1.807, 2.05) is 36.4 Å². The van der Waals surface area contributed by atoms with Crippen LogP contribution in [0.3, 0.4) is 0 Å². The van der Waals surface area contributed by atoms with Crippen LogP contribution in [0.5, 0.6) is 0 Å². The zero-order valence-electron chi connectivity index (χ0n) is 10.9. The van der Waals surface area contributed by atoms with Crippen LogP contribution in [0.2, 0.25) is 0 Å². The zero-order chi connectivity index (χ0) is 14.6. The van der Waals surface area contributed by atoms with Crippen LogP contribution in [0, 0.1) is 0 Å². The molecule has 5 nitrogen and oxygen atoms in total. The maximum atomic E-state index is 11.0. The summed E-state index contributed by atoms with van der Waals surface area (Å²) in [5.74, 6) is -0.154. The van der Waals surface area contributed by atoms with Crippen molar-refractivity contribution in [2.24, 2.45) is 5.14 Å². The fourth-order valence-corrected chi connectivity index (χ4v) is 2.50. The monoisotopic (exact) mass is 291 g/mol. The summed E-state index contributed by atoms with van der Waals surface area (Å²) in [6, 6.07) is 14.7. The lowest BCUT2D eigenvalue weighted by molar-refractivity contribution is 0.597. The second-order valence-corrected chi connectivity index (χ2v) is 6.17. The first kappa shape index (κ1) is 14.4. The van der Waals surface area contributed by atoms with Crippen LogP contribution in [-0.2, 0) is 22.3 Å². The molecule has 2 aromatic carbocycles. The molecule has 0 aliphatic carbocycles. The van der Waals surface area contributed by atoms with Crippen molar-refractivity contribution in [1.82, 2.24) is 0 Å². The van der Waals surface area contributed by atoms with E-state index in [9.17, 15) is 8.42 Å². The van der Waals surface area contributed by atoms with Crippen LogP contribution in [0.15, 0.2) is 48.5 Å². The van der Waals surface area contributed by atoms with Gasteiger partial charge in [-0.3, -0.25) is 0 Å². The third kappa shape index (κ3) is 4.25. The van der Waals surface area contributed by atoms with Crippen molar-refractivity contribution in [1.29, 1.82) is 0 Å². The molecule has 0 spiro atoms. The van der Waals surface area contributed by atoms with E-state index in [1.165, 1.54) is 0 Å². The van der Waals surface area contributed by atoms with Gasteiger partial charge in [-0.2, -0.15) is 0 Å². The molecule has 0 saturated heterocycles. The van der Waals surface area contributed by atoms with Gasteiger partial charge in [0.15, 0.2) is 0 Å². The predicted molar refractivity (Wildman–Crippen MR) is 81.4 cm³/mol. The number of hydrogen-bond acceptors (Lipinski definition) is 4. The van der Waals surface area contributed by atoms with E-state index < -0.39 is 10.0 Å². The maximum Gasteiger partial charge on any atom is 0.213 e. The molecule has 0 unspecified atom stereocenters. The lowest BCUT2D eigenvalue weighted by Crippen LogP contribution is -2.14. The largest absolute Gasteiger partial charge is 0.398 e. The van der Waals surface area contributed by atoms with E-state index in [0.717, 1.165) is 16.9 Å². The Kier molecular flexibility index (Phi) is 4.26. The Morgan fingerprint density at radius 2 is 1.65 bits per heavy atom. The lowest BCUT2D eigenvalue weighted by atomic mass is 10.1. The molecule has 0 aromatic heterocycles. The highest BCUT2D eigenvalue weighted by molar-refractivity contribution is 7.88. The molecule has 0 aliphatic rings. The molecule has 20 heavy (non-hydrogen) atoms. The summed E-state index contributed by atoms with van der Waals surface area (Å²) >= 11 is 0. The molecule has 0 bridgehead atoms. The molecule has 0 fully saturated rings. The molecule has 0 radical (unpaired) electrons. The van der Waals surface area contributed by atoms with Crippen LogP contribution in [0.1, 0.15) is 11.1 Å². The number of hydrogen-bond donors (Lipinski definition) is 3. The molecule has 0 amide bonds. The van der Waals surface area contributed by atoms with Gasteiger partial charge in [-0.05, 0) is 29.3 Å². The van der Waals surface area contributed by atoms with Crippen LogP contribution in [-0.4, -0.2) is 8.42 Å². The van der Waals surface area contributed by atoms with Gasteiger partial charge < -0.3 is 11.1 Å². The highest BCUT2D eigenvalue weighted by atomic mass is 32.2. The Morgan fingerprint density at radius 3 is 2.25 bits per heavy atom. The molecule has 0 heterocycles. The molecule has 106 valence electrons. The van der Waals surface area contributed by atoms with E-state index in [2.05, 4.69) is 5.32 Å². The average molecular weight is 291 g/mol. The van der Waals surface area contributed by atoms with E-state index in [0.29, 0.717) is 12.1 Å². The van der Waals surface area contributed by atoms with Gasteiger partial charge in [-0.1, -0.05) is 30.3 Å². The standard InChI is InChI=1S/C14H17N3O2S/c15-14-4-2-1-3-12(14)9-17-13-7-5-11(6-8-13)10-20(16,18)19/h1-8,17H,9-10,15H2,(H2,16,18,19). The van der Waals surface area contributed by atoms with Gasteiger partial charge in [0, 0.05) is 17.9 Å². The minimum atomic E-state index is -3.49. The van der Waals surface area contributed by atoms with Crippen molar-refractivity contribution in [2.45, 2.75) is 12.3 Å². The number of anilines is 2. The van der Waals surface area contributed by atoms with Gasteiger partial charge in [-0.25, -0.2) is 13.6 Å². The summed E-state index contributed by atoms with van der Waals surface area (Å²) in [7, 11) is -3.49. The molecule has 0 saturated carbocycles. The average Bonchev–Trinajstić information content (AvgIpc) is 2.38. The predicted octanol–water partition coefficient (Wildman–Crippen LogP) is 1.67. The van der Waals surface area contributed by atoms with Crippen molar-refractivity contribution in [2.75, 3.05) is 11.1 Å². The van der Waals surface area contributed by atoms with Crippen LogP contribution < -0.4 is 16.2 Å². The molecule has 0 atom stereocenters. The summed E-state index contributed by atoms with van der Waals surface area (Å²) in [5.41, 5.74) is 9.17. The van der Waals surface area contributed by atoms with Gasteiger partial charge in [0.25, 0.3) is 0 Å². The summed E-state index contributed by atoms with van der Waals surface area (Å²) in [6.07, 6.45) is 0. The molecular formula is C14H17N3O2S. The number of nitrogen functional groups attached to an aromatic ring is 1. The Morgan fingerprint density at radius 1 is 1.00 bits per heavy atom. The van der Waals surface area contributed by atoms with Gasteiger partial charge >= 0.3 is 0 Å². The van der Waals surface area contributed by atoms with Gasteiger partial charge in [0.1, 0.15) is 0 Å². The van der Waals surface area contributed by atoms with Crippen LogP contribution >= 0.6 is 0 Å². The maximum absolute atomic E-state index is 11.0. The Hall–Kier alpha value is -2.05. The quantitative estimate of drug-likeness (QED) is 0.730. The first-order valence-corrected chi connectivity index (χ1v) is 7.82. The van der Waals surface area contributed by atoms with Gasteiger partial charge in [0.05, 0.1) is 5.75 Å². The van der Waals surface area contributed by atoms with Crippen molar-refractivity contribution in [3.05, 3.63) is 59.7 Å². The smallest absolute Gasteiger partial charge is 0.213 e. The van der Waals surface area contributed by atoms with E-state index >= 15 is 0 Å². The molecule has 6 heteroatoms. The zero-order valence-corrected chi connectivity index (χ0v) is 11.7. The summed E-state index contributed by atoms with van der Waals surface area (Å²) in [5, 5.41) is 8.23. The second-order valence-electron chi connectivity index (χ2n) is 4.56.